The predicted molar refractivity (Wildman–Crippen MR) is 107 cm³/mol. The maximum atomic E-state index is 12.2. The molecule has 0 spiro atoms. The van der Waals surface area contributed by atoms with E-state index in [0.29, 0.717) is 18.1 Å². The summed E-state index contributed by atoms with van der Waals surface area (Å²) in [5.74, 6) is 2.01. The van der Waals surface area contributed by atoms with Crippen molar-refractivity contribution in [2.24, 2.45) is 0 Å². The fraction of sp³-hybridized carbons (Fsp3) is 0.368. The Morgan fingerprint density at radius 2 is 2.04 bits per heavy atom. The number of thioether (sulfide) groups is 1. The molecule has 0 fully saturated rings. The van der Waals surface area contributed by atoms with Crippen LogP contribution in [0, 0.1) is 6.92 Å². The highest BCUT2D eigenvalue weighted by Gasteiger charge is 2.23. The summed E-state index contributed by atoms with van der Waals surface area (Å²) >= 11 is 1.36. The molecule has 28 heavy (non-hydrogen) atoms. The van der Waals surface area contributed by atoms with Gasteiger partial charge < -0.3 is 14.7 Å². The van der Waals surface area contributed by atoms with Crippen LogP contribution in [-0.4, -0.2) is 45.7 Å². The zero-order chi connectivity index (χ0) is 20.1. The Hall–Kier alpha value is -2.65. The molecule has 0 saturated carbocycles. The molecule has 0 saturated heterocycles. The number of aryl methyl sites for hydroxylation is 1. The first-order valence-corrected chi connectivity index (χ1v) is 10.1. The summed E-state index contributed by atoms with van der Waals surface area (Å²) in [5, 5.41) is 16.0. The summed E-state index contributed by atoms with van der Waals surface area (Å²) in [4.78, 5) is 13.5. The molecule has 1 amide bonds. The summed E-state index contributed by atoms with van der Waals surface area (Å²) in [6, 6.07) is 12.0. The van der Waals surface area contributed by atoms with Crippen molar-refractivity contribution in [2.45, 2.75) is 31.6 Å². The highest BCUT2D eigenvalue weighted by molar-refractivity contribution is 7.99. The number of carbonyl (C=O) groups excluding carboxylic acids is 1. The van der Waals surface area contributed by atoms with E-state index >= 15 is 0 Å². The molecule has 9 heteroatoms. The first kappa shape index (κ1) is 20.1. The number of quaternary nitrogens is 1. The molecule has 0 aliphatic rings. The lowest BCUT2D eigenvalue weighted by atomic mass is 10.2. The fourth-order valence-electron chi connectivity index (χ4n) is 2.63. The van der Waals surface area contributed by atoms with Crippen molar-refractivity contribution in [2.75, 3.05) is 25.2 Å². The van der Waals surface area contributed by atoms with Crippen LogP contribution in [0.2, 0.25) is 0 Å². The number of hydrogen-bond donors (Lipinski definition) is 2. The average Bonchev–Trinajstić information content (AvgIpc) is 3.26. The fourth-order valence-corrected chi connectivity index (χ4v) is 3.38. The molecule has 1 atom stereocenters. The van der Waals surface area contributed by atoms with E-state index in [9.17, 15) is 4.79 Å². The molecule has 2 aromatic heterocycles. The largest absolute Gasteiger partial charge is 0.360 e. The van der Waals surface area contributed by atoms with Gasteiger partial charge in [0.25, 0.3) is 0 Å². The minimum absolute atomic E-state index is 0.166. The Morgan fingerprint density at radius 1 is 1.29 bits per heavy atom. The Bertz CT molecular complexity index is 922. The first-order valence-electron chi connectivity index (χ1n) is 9.07. The van der Waals surface area contributed by atoms with Crippen LogP contribution in [0.1, 0.15) is 30.1 Å². The van der Waals surface area contributed by atoms with Crippen LogP contribution in [0.5, 0.6) is 0 Å². The van der Waals surface area contributed by atoms with Gasteiger partial charge in [-0.15, -0.1) is 10.2 Å². The minimum Gasteiger partial charge on any atom is -0.360 e. The van der Waals surface area contributed by atoms with E-state index in [0.717, 1.165) is 16.5 Å². The van der Waals surface area contributed by atoms with Gasteiger partial charge in [-0.25, -0.2) is 0 Å². The predicted octanol–water partition coefficient (Wildman–Crippen LogP) is 1.56. The molecule has 0 bridgehead atoms. The SMILES string of the molecule is Cc1cc(NC(=O)CSc2nnc([C@H](C)[NH+](C)C)n2Cc2ccccc2)no1. The maximum absolute atomic E-state index is 12.2. The summed E-state index contributed by atoms with van der Waals surface area (Å²) in [5.41, 5.74) is 1.16. The summed E-state index contributed by atoms with van der Waals surface area (Å²) in [7, 11) is 4.18. The van der Waals surface area contributed by atoms with Crippen LogP contribution in [0.4, 0.5) is 5.82 Å². The third kappa shape index (κ3) is 4.99. The molecule has 0 unspecified atom stereocenters. The summed E-state index contributed by atoms with van der Waals surface area (Å²) in [6.45, 7) is 4.56. The Balaban J connectivity index is 1.74. The quantitative estimate of drug-likeness (QED) is 0.557. The Kier molecular flexibility index (Phi) is 6.48. The molecular weight excluding hydrogens is 376 g/mol. The van der Waals surface area contributed by atoms with Crippen LogP contribution in [-0.2, 0) is 11.3 Å². The number of benzene rings is 1. The van der Waals surface area contributed by atoms with E-state index in [1.807, 2.05) is 18.2 Å². The van der Waals surface area contributed by atoms with Gasteiger partial charge in [0.15, 0.2) is 16.8 Å². The van der Waals surface area contributed by atoms with E-state index in [4.69, 9.17) is 4.52 Å². The molecule has 8 nitrogen and oxygen atoms in total. The molecule has 3 aromatic rings. The van der Waals surface area contributed by atoms with Crippen molar-refractivity contribution in [1.82, 2.24) is 19.9 Å². The van der Waals surface area contributed by atoms with E-state index in [-0.39, 0.29) is 17.7 Å². The average molecular weight is 402 g/mol. The first-order chi connectivity index (χ1) is 13.4. The van der Waals surface area contributed by atoms with Crippen molar-refractivity contribution in [3.05, 3.63) is 53.5 Å². The minimum atomic E-state index is -0.166. The highest BCUT2D eigenvalue weighted by atomic mass is 32.2. The Labute approximate surface area is 168 Å². The van der Waals surface area contributed by atoms with Crippen LogP contribution in [0.15, 0.2) is 46.1 Å². The lowest BCUT2D eigenvalue weighted by Crippen LogP contribution is -3.05. The van der Waals surface area contributed by atoms with E-state index in [1.165, 1.54) is 16.7 Å². The van der Waals surface area contributed by atoms with Crippen molar-refractivity contribution < 1.29 is 14.2 Å². The van der Waals surface area contributed by atoms with Gasteiger partial charge in [0.1, 0.15) is 11.8 Å². The molecule has 0 aliphatic carbocycles. The van der Waals surface area contributed by atoms with Gasteiger partial charge in [-0.05, 0) is 19.4 Å². The standard InChI is InChI=1S/C19H24N6O2S/c1-13-10-16(23-27-13)20-17(26)12-28-19-22-21-18(14(2)24(3)4)25(19)11-15-8-6-5-7-9-15/h5-10,14H,11-12H2,1-4H3,(H,20,23,26)/p+1/t14-/m0/s1. The third-order valence-electron chi connectivity index (χ3n) is 4.41. The van der Waals surface area contributed by atoms with Gasteiger partial charge >= 0.3 is 0 Å². The van der Waals surface area contributed by atoms with Gasteiger partial charge in [-0.2, -0.15) is 0 Å². The molecule has 3 rings (SSSR count). The van der Waals surface area contributed by atoms with Gasteiger partial charge in [-0.1, -0.05) is 47.3 Å². The van der Waals surface area contributed by atoms with Crippen molar-refractivity contribution in [3.63, 3.8) is 0 Å². The number of aromatic nitrogens is 4. The zero-order valence-corrected chi connectivity index (χ0v) is 17.3. The monoisotopic (exact) mass is 401 g/mol. The molecule has 2 heterocycles. The second-order valence-corrected chi connectivity index (χ2v) is 7.81. The third-order valence-corrected chi connectivity index (χ3v) is 5.38. The highest BCUT2D eigenvalue weighted by Crippen LogP contribution is 2.21. The van der Waals surface area contributed by atoms with Crippen molar-refractivity contribution in [1.29, 1.82) is 0 Å². The van der Waals surface area contributed by atoms with Crippen LogP contribution < -0.4 is 10.2 Å². The smallest absolute Gasteiger partial charge is 0.236 e. The molecule has 0 radical (unpaired) electrons. The topological polar surface area (TPSA) is 90.3 Å². The Morgan fingerprint density at radius 3 is 2.68 bits per heavy atom. The molecule has 1 aromatic carbocycles. The van der Waals surface area contributed by atoms with Crippen molar-refractivity contribution in [3.8, 4) is 0 Å². The number of amides is 1. The molecule has 148 valence electrons. The summed E-state index contributed by atoms with van der Waals surface area (Å²) < 4.78 is 7.05. The molecule has 2 N–H and O–H groups in total. The van der Waals surface area contributed by atoms with Crippen LogP contribution >= 0.6 is 11.8 Å². The molecule has 0 aliphatic heterocycles. The number of nitrogens with zero attached hydrogens (tertiary/aromatic N) is 4. The maximum Gasteiger partial charge on any atom is 0.236 e. The van der Waals surface area contributed by atoms with E-state index < -0.39 is 0 Å². The number of hydrogen-bond acceptors (Lipinski definition) is 6. The number of carbonyl (C=O) groups is 1. The van der Waals surface area contributed by atoms with Gasteiger partial charge in [0, 0.05) is 6.07 Å². The van der Waals surface area contributed by atoms with E-state index in [1.54, 1.807) is 13.0 Å². The van der Waals surface area contributed by atoms with E-state index in [2.05, 4.69) is 58.4 Å². The van der Waals surface area contributed by atoms with Gasteiger partial charge in [0.2, 0.25) is 5.91 Å². The molecular formula is C19H25N6O2S+. The number of nitrogens with one attached hydrogen (secondary N) is 2. The van der Waals surface area contributed by atoms with Crippen molar-refractivity contribution >= 4 is 23.5 Å². The second-order valence-electron chi connectivity index (χ2n) is 6.87. The lowest BCUT2D eigenvalue weighted by molar-refractivity contribution is -0.890. The second kappa shape index (κ2) is 9.03. The number of rotatable bonds is 8. The summed E-state index contributed by atoms with van der Waals surface area (Å²) in [6.07, 6.45) is 0. The van der Waals surface area contributed by atoms with Crippen LogP contribution in [0.25, 0.3) is 0 Å². The lowest BCUT2D eigenvalue weighted by Gasteiger charge is -2.18. The van der Waals surface area contributed by atoms with Gasteiger partial charge in [0.05, 0.1) is 26.4 Å². The normalized spacial score (nSPS) is 12.3. The van der Waals surface area contributed by atoms with Gasteiger partial charge in [-0.3, -0.25) is 9.36 Å². The number of anilines is 1. The van der Waals surface area contributed by atoms with Crippen LogP contribution in [0.3, 0.4) is 0 Å². The zero-order valence-electron chi connectivity index (χ0n) is 16.5.